The van der Waals surface area contributed by atoms with Crippen LogP contribution in [0, 0.1) is 6.92 Å². The molecule has 2 aromatic carbocycles. The molecule has 0 spiro atoms. The number of hydrogen-bond acceptors (Lipinski definition) is 6. The number of phenolic OH excluding ortho intramolecular Hbond substituents is 1. The second kappa shape index (κ2) is 7.78. The number of phenols is 1. The zero-order valence-corrected chi connectivity index (χ0v) is 17.6. The Balaban J connectivity index is 1.65. The van der Waals surface area contributed by atoms with E-state index in [9.17, 15) is 5.11 Å². The molecule has 1 saturated heterocycles. The predicted molar refractivity (Wildman–Crippen MR) is 119 cm³/mol. The van der Waals surface area contributed by atoms with E-state index in [1.807, 2.05) is 31.2 Å². The van der Waals surface area contributed by atoms with Crippen molar-refractivity contribution < 1.29 is 9.84 Å². The Bertz CT molecular complexity index is 1100. The number of fused-ring (bicyclic) bond motifs is 1. The lowest BCUT2D eigenvalue weighted by Crippen LogP contribution is -2.37. The first-order valence-corrected chi connectivity index (χ1v) is 10.5. The maximum absolute atomic E-state index is 10.0. The number of nitrogens with zero attached hydrogens (tertiary/aromatic N) is 4. The van der Waals surface area contributed by atoms with Gasteiger partial charge in [0.1, 0.15) is 11.6 Å². The molecule has 0 radical (unpaired) electrons. The fourth-order valence-electron chi connectivity index (χ4n) is 4.09. The molecular formula is C23H23ClN4O2. The molecule has 0 bridgehead atoms. The lowest BCUT2D eigenvalue weighted by Gasteiger charge is -2.28. The largest absolute Gasteiger partial charge is 0.508 e. The molecule has 30 heavy (non-hydrogen) atoms. The molecule has 154 valence electrons. The van der Waals surface area contributed by atoms with Gasteiger partial charge in [0.15, 0.2) is 0 Å². The molecular weight excluding hydrogens is 400 g/mol. The Kier molecular flexibility index (Phi) is 4.97. The van der Waals surface area contributed by atoms with E-state index in [-0.39, 0.29) is 5.75 Å². The van der Waals surface area contributed by atoms with Crippen molar-refractivity contribution in [3.63, 3.8) is 0 Å². The Hall–Kier alpha value is -2.83. The molecule has 2 aliphatic rings. The zero-order chi connectivity index (χ0) is 20.7. The van der Waals surface area contributed by atoms with E-state index < -0.39 is 0 Å². The molecule has 2 aliphatic heterocycles. The van der Waals surface area contributed by atoms with Crippen molar-refractivity contribution in [1.29, 1.82) is 0 Å². The first-order valence-electron chi connectivity index (χ1n) is 10.2. The smallest absolute Gasteiger partial charge is 0.228 e. The van der Waals surface area contributed by atoms with Gasteiger partial charge in [-0.25, -0.2) is 4.98 Å². The van der Waals surface area contributed by atoms with Crippen LogP contribution in [0.4, 0.5) is 17.5 Å². The van der Waals surface area contributed by atoms with Gasteiger partial charge >= 0.3 is 0 Å². The number of morpholine rings is 1. The molecule has 1 aromatic heterocycles. The van der Waals surface area contributed by atoms with E-state index in [1.165, 1.54) is 0 Å². The van der Waals surface area contributed by atoms with Gasteiger partial charge in [-0.1, -0.05) is 23.7 Å². The van der Waals surface area contributed by atoms with Crippen LogP contribution in [0.25, 0.3) is 11.3 Å². The lowest BCUT2D eigenvalue weighted by atomic mass is 10.1. The lowest BCUT2D eigenvalue weighted by molar-refractivity contribution is 0.122. The van der Waals surface area contributed by atoms with Crippen LogP contribution in [-0.2, 0) is 11.2 Å². The molecule has 3 heterocycles. The number of aromatic nitrogens is 2. The molecule has 6 nitrogen and oxygen atoms in total. The number of benzene rings is 2. The molecule has 0 unspecified atom stereocenters. The normalized spacial score (nSPS) is 16.1. The topological polar surface area (TPSA) is 61.7 Å². The van der Waals surface area contributed by atoms with Gasteiger partial charge in [-0.3, -0.25) is 0 Å². The van der Waals surface area contributed by atoms with Crippen molar-refractivity contribution in [2.75, 3.05) is 42.6 Å². The average Bonchev–Trinajstić information content (AvgIpc) is 3.20. The van der Waals surface area contributed by atoms with E-state index in [4.69, 9.17) is 26.3 Å². The summed E-state index contributed by atoms with van der Waals surface area (Å²) < 4.78 is 5.51. The number of hydrogen-bond donors (Lipinski definition) is 1. The number of halogens is 1. The van der Waals surface area contributed by atoms with E-state index in [1.54, 1.807) is 12.1 Å². The summed E-state index contributed by atoms with van der Waals surface area (Å²) in [5.74, 6) is 1.86. The first-order chi connectivity index (χ1) is 14.6. The van der Waals surface area contributed by atoms with E-state index in [0.717, 1.165) is 65.0 Å². The van der Waals surface area contributed by atoms with Crippen molar-refractivity contribution in [3.8, 4) is 17.0 Å². The fraction of sp³-hybridized carbons (Fsp3) is 0.304. The van der Waals surface area contributed by atoms with Crippen LogP contribution < -0.4 is 9.80 Å². The molecule has 3 aromatic rings. The summed E-state index contributed by atoms with van der Waals surface area (Å²) in [7, 11) is 0. The summed E-state index contributed by atoms with van der Waals surface area (Å²) in [4.78, 5) is 14.3. The SMILES string of the molecule is Cc1cc(N2CCc3c(-c4cccc(O)c4)nc(N4CCOCC4)nc32)ccc1Cl. The number of aryl methyl sites for hydroxylation is 1. The molecule has 1 fully saturated rings. The monoisotopic (exact) mass is 422 g/mol. The van der Waals surface area contributed by atoms with Gasteiger partial charge < -0.3 is 19.6 Å². The molecule has 5 rings (SSSR count). The molecule has 1 N–H and O–H groups in total. The quantitative estimate of drug-likeness (QED) is 0.677. The maximum Gasteiger partial charge on any atom is 0.228 e. The molecule has 7 heteroatoms. The number of ether oxygens (including phenoxy) is 1. The van der Waals surface area contributed by atoms with Gasteiger partial charge in [0, 0.05) is 41.5 Å². The van der Waals surface area contributed by atoms with Crippen molar-refractivity contribution in [3.05, 3.63) is 58.6 Å². The third kappa shape index (κ3) is 3.46. The van der Waals surface area contributed by atoms with Crippen molar-refractivity contribution in [2.45, 2.75) is 13.3 Å². The summed E-state index contributed by atoms with van der Waals surface area (Å²) in [5.41, 5.74) is 5.00. The summed E-state index contributed by atoms with van der Waals surface area (Å²) in [5, 5.41) is 10.8. The van der Waals surface area contributed by atoms with Crippen LogP contribution in [-0.4, -0.2) is 47.9 Å². The average molecular weight is 423 g/mol. The highest BCUT2D eigenvalue weighted by atomic mass is 35.5. The summed E-state index contributed by atoms with van der Waals surface area (Å²) in [6.45, 7) is 5.70. The minimum absolute atomic E-state index is 0.232. The fourth-order valence-corrected chi connectivity index (χ4v) is 4.21. The minimum Gasteiger partial charge on any atom is -0.508 e. The molecule has 0 saturated carbocycles. The number of rotatable bonds is 3. The van der Waals surface area contributed by atoms with Crippen molar-refractivity contribution in [2.24, 2.45) is 0 Å². The predicted octanol–water partition coefficient (Wildman–Crippen LogP) is 4.34. The minimum atomic E-state index is 0.232. The Morgan fingerprint density at radius 2 is 1.87 bits per heavy atom. The highest BCUT2D eigenvalue weighted by Crippen LogP contribution is 2.40. The second-order valence-electron chi connectivity index (χ2n) is 7.66. The van der Waals surface area contributed by atoms with Gasteiger partial charge in [-0.15, -0.1) is 0 Å². The van der Waals surface area contributed by atoms with Crippen molar-refractivity contribution in [1.82, 2.24) is 9.97 Å². The Morgan fingerprint density at radius 1 is 1.03 bits per heavy atom. The summed E-state index contributed by atoms with van der Waals surface area (Å²) in [6, 6.07) is 13.3. The molecule has 0 amide bonds. The van der Waals surface area contributed by atoms with Gasteiger partial charge in [-0.05, 0) is 49.2 Å². The molecule has 0 aliphatic carbocycles. The van der Waals surface area contributed by atoms with E-state index in [0.29, 0.717) is 19.2 Å². The van der Waals surface area contributed by atoms with E-state index in [2.05, 4.69) is 15.9 Å². The van der Waals surface area contributed by atoms with Crippen LogP contribution in [0.1, 0.15) is 11.1 Å². The first kappa shape index (κ1) is 19.2. The van der Waals surface area contributed by atoms with Gasteiger partial charge in [0.05, 0.1) is 18.9 Å². The van der Waals surface area contributed by atoms with E-state index >= 15 is 0 Å². The van der Waals surface area contributed by atoms with Gasteiger partial charge in [0.25, 0.3) is 0 Å². The van der Waals surface area contributed by atoms with Crippen LogP contribution >= 0.6 is 11.6 Å². The summed E-state index contributed by atoms with van der Waals surface area (Å²) in [6.07, 6.45) is 0.839. The maximum atomic E-state index is 10.0. The third-order valence-corrected chi connectivity index (χ3v) is 6.11. The van der Waals surface area contributed by atoms with Crippen LogP contribution in [0.2, 0.25) is 5.02 Å². The van der Waals surface area contributed by atoms with Crippen molar-refractivity contribution >= 4 is 29.1 Å². The summed E-state index contributed by atoms with van der Waals surface area (Å²) >= 11 is 6.25. The Labute approximate surface area is 180 Å². The van der Waals surface area contributed by atoms with Crippen LogP contribution in [0.5, 0.6) is 5.75 Å². The van der Waals surface area contributed by atoms with Crippen LogP contribution in [0.3, 0.4) is 0 Å². The Morgan fingerprint density at radius 3 is 2.63 bits per heavy atom. The highest BCUT2D eigenvalue weighted by molar-refractivity contribution is 6.31. The van der Waals surface area contributed by atoms with Gasteiger partial charge in [-0.2, -0.15) is 4.98 Å². The second-order valence-corrected chi connectivity index (χ2v) is 8.07. The number of anilines is 3. The zero-order valence-electron chi connectivity index (χ0n) is 16.8. The highest BCUT2D eigenvalue weighted by Gasteiger charge is 2.29. The number of aromatic hydroxyl groups is 1. The third-order valence-electron chi connectivity index (χ3n) is 5.68. The van der Waals surface area contributed by atoms with Crippen LogP contribution in [0.15, 0.2) is 42.5 Å². The van der Waals surface area contributed by atoms with Gasteiger partial charge in [0.2, 0.25) is 5.95 Å². The standard InChI is InChI=1S/C23H23ClN4O2/c1-15-13-17(5-6-20(15)24)28-8-7-19-21(16-3-2-4-18(29)14-16)25-23(26-22(19)28)27-9-11-30-12-10-27/h2-6,13-14,29H,7-12H2,1H3. The molecule has 0 atom stereocenters.